The number of hydrogen-bond acceptors (Lipinski definition) is 3. The first-order valence-electron chi connectivity index (χ1n) is 7.30. The standard InChI is InChI=1S/C14H23NO3/c16-14(17)9-18-12-3-5-15(6-4-12)13-8-10-1-2-11(13)7-10/h10-13H,1-9H2,(H,16,17). The van der Waals surface area contributed by atoms with Gasteiger partial charge in [-0.2, -0.15) is 0 Å². The van der Waals surface area contributed by atoms with Crippen molar-refractivity contribution in [1.82, 2.24) is 4.90 Å². The maximum absolute atomic E-state index is 10.5. The van der Waals surface area contributed by atoms with Gasteiger partial charge in [0.05, 0.1) is 6.10 Å². The minimum atomic E-state index is -0.856. The van der Waals surface area contributed by atoms with E-state index in [1.807, 2.05) is 0 Å². The molecule has 3 rings (SSSR count). The summed E-state index contributed by atoms with van der Waals surface area (Å²) in [6.07, 6.45) is 7.92. The molecule has 4 heteroatoms. The molecule has 1 N–H and O–H groups in total. The monoisotopic (exact) mass is 253 g/mol. The molecule has 102 valence electrons. The fraction of sp³-hybridized carbons (Fsp3) is 0.929. The summed E-state index contributed by atoms with van der Waals surface area (Å²) in [4.78, 5) is 13.1. The van der Waals surface area contributed by atoms with Crippen molar-refractivity contribution in [1.29, 1.82) is 0 Å². The molecular weight excluding hydrogens is 230 g/mol. The van der Waals surface area contributed by atoms with Gasteiger partial charge in [0.15, 0.2) is 0 Å². The Morgan fingerprint density at radius 3 is 2.50 bits per heavy atom. The molecule has 2 bridgehead atoms. The molecule has 0 aromatic heterocycles. The van der Waals surface area contributed by atoms with Gasteiger partial charge in [0.25, 0.3) is 0 Å². The van der Waals surface area contributed by atoms with E-state index in [-0.39, 0.29) is 12.7 Å². The van der Waals surface area contributed by atoms with E-state index in [2.05, 4.69) is 4.90 Å². The summed E-state index contributed by atoms with van der Waals surface area (Å²) < 4.78 is 5.39. The Labute approximate surface area is 108 Å². The summed E-state index contributed by atoms with van der Waals surface area (Å²) in [6, 6.07) is 0.823. The van der Waals surface area contributed by atoms with E-state index >= 15 is 0 Å². The van der Waals surface area contributed by atoms with Crippen LogP contribution in [0.5, 0.6) is 0 Å². The van der Waals surface area contributed by atoms with Crippen LogP contribution < -0.4 is 0 Å². The van der Waals surface area contributed by atoms with Crippen LogP contribution in [0.15, 0.2) is 0 Å². The Hall–Kier alpha value is -0.610. The zero-order valence-electron chi connectivity index (χ0n) is 10.9. The molecule has 1 heterocycles. The fourth-order valence-electron chi connectivity index (χ4n) is 4.22. The number of nitrogens with zero attached hydrogens (tertiary/aromatic N) is 1. The summed E-state index contributed by atoms with van der Waals surface area (Å²) in [5.41, 5.74) is 0. The highest BCUT2D eigenvalue weighted by Crippen LogP contribution is 2.47. The van der Waals surface area contributed by atoms with Crippen LogP contribution in [0.2, 0.25) is 0 Å². The topological polar surface area (TPSA) is 49.8 Å². The molecule has 4 nitrogen and oxygen atoms in total. The normalized spacial score (nSPS) is 37.2. The highest BCUT2D eigenvalue weighted by atomic mass is 16.5. The average molecular weight is 253 g/mol. The van der Waals surface area contributed by atoms with Crippen molar-refractivity contribution < 1.29 is 14.6 Å². The number of fused-ring (bicyclic) bond motifs is 2. The number of carboxylic acid groups (broad SMARTS) is 1. The van der Waals surface area contributed by atoms with Crippen LogP contribution in [0.1, 0.15) is 38.5 Å². The second-order valence-corrected chi connectivity index (χ2v) is 6.18. The van der Waals surface area contributed by atoms with Gasteiger partial charge in [0.1, 0.15) is 6.61 Å². The van der Waals surface area contributed by atoms with E-state index in [4.69, 9.17) is 9.84 Å². The predicted molar refractivity (Wildman–Crippen MR) is 67.4 cm³/mol. The van der Waals surface area contributed by atoms with Crippen molar-refractivity contribution in [2.75, 3.05) is 19.7 Å². The smallest absolute Gasteiger partial charge is 0.329 e. The second-order valence-electron chi connectivity index (χ2n) is 6.18. The molecular formula is C14H23NO3. The molecule has 0 spiro atoms. The molecule has 2 saturated carbocycles. The number of carbonyl (C=O) groups is 1. The van der Waals surface area contributed by atoms with Gasteiger partial charge in [0, 0.05) is 19.1 Å². The Morgan fingerprint density at radius 1 is 1.17 bits per heavy atom. The predicted octanol–water partition coefficient (Wildman–Crippen LogP) is 1.74. The van der Waals surface area contributed by atoms with E-state index in [0.29, 0.717) is 0 Å². The van der Waals surface area contributed by atoms with Gasteiger partial charge in [-0.15, -0.1) is 0 Å². The minimum Gasteiger partial charge on any atom is -0.480 e. The quantitative estimate of drug-likeness (QED) is 0.829. The second kappa shape index (κ2) is 5.17. The Bertz CT molecular complexity index is 312. The molecule has 0 aromatic carbocycles. The Kier molecular flexibility index (Phi) is 3.57. The molecule has 1 aliphatic heterocycles. The molecule has 2 aliphatic carbocycles. The maximum Gasteiger partial charge on any atom is 0.329 e. The van der Waals surface area contributed by atoms with Gasteiger partial charge < -0.3 is 9.84 Å². The minimum absolute atomic E-state index is 0.140. The number of rotatable bonds is 4. The molecule has 3 unspecified atom stereocenters. The number of hydrogen-bond donors (Lipinski definition) is 1. The van der Waals surface area contributed by atoms with Crippen LogP contribution in [0.3, 0.4) is 0 Å². The maximum atomic E-state index is 10.5. The Balaban J connectivity index is 1.44. The van der Waals surface area contributed by atoms with Gasteiger partial charge in [-0.1, -0.05) is 6.42 Å². The van der Waals surface area contributed by atoms with Crippen LogP contribution in [0.25, 0.3) is 0 Å². The van der Waals surface area contributed by atoms with Gasteiger partial charge in [-0.25, -0.2) is 4.79 Å². The number of piperidine rings is 1. The summed E-state index contributed by atoms with van der Waals surface area (Å²) in [5.74, 6) is 1.10. The number of carboxylic acids is 1. The van der Waals surface area contributed by atoms with E-state index < -0.39 is 5.97 Å². The largest absolute Gasteiger partial charge is 0.480 e. The van der Waals surface area contributed by atoms with Crippen molar-refractivity contribution in [2.24, 2.45) is 11.8 Å². The van der Waals surface area contributed by atoms with Crippen molar-refractivity contribution in [3.8, 4) is 0 Å². The van der Waals surface area contributed by atoms with Crippen LogP contribution >= 0.6 is 0 Å². The molecule has 3 aliphatic rings. The summed E-state index contributed by atoms with van der Waals surface area (Å²) in [6.45, 7) is 2.05. The third-order valence-electron chi connectivity index (χ3n) is 5.09. The average Bonchev–Trinajstić information content (AvgIpc) is 2.99. The lowest BCUT2D eigenvalue weighted by Crippen LogP contribution is -2.45. The van der Waals surface area contributed by atoms with E-state index in [9.17, 15) is 4.79 Å². The van der Waals surface area contributed by atoms with Crippen LogP contribution in [-0.2, 0) is 9.53 Å². The van der Waals surface area contributed by atoms with E-state index in [1.54, 1.807) is 0 Å². The third kappa shape index (κ3) is 2.54. The third-order valence-corrected chi connectivity index (χ3v) is 5.09. The lowest BCUT2D eigenvalue weighted by Gasteiger charge is -2.39. The molecule has 0 radical (unpaired) electrons. The fourth-order valence-corrected chi connectivity index (χ4v) is 4.22. The van der Waals surface area contributed by atoms with Crippen molar-refractivity contribution in [2.45, 2.75) is 50.7 Å². The van der Waals surface area contributed by atoms with Crippen LogP contribution in [0.4, 0.5) is 0 Å². The highest BCUT2D eigenvalue weighted by Gasteiger charge is 2.42. The van der Waals surface area contributed by atoms with Crippen molar-refractivity contribution >= 4 is 5.97 Å². The first-order valence-corrected chi connectivity index (χ1v) is 7.30. The summed E-state index contributed by atoms with van der Waals surface area (Å²) >= 11 is 0. The number of likely N-dealkylation sites (tertiary alicyclic amines) is 1. The zero-order chi connectivity index (χ0) is 12.5. The number of aliphatic carboxylic acids is 1. The van der Waals surface area contributed by atoms with Gasteiger partial charge >= 0.3 is 5.97 Å². The first kappa shape index (κ1) is 12.4. The molecule has 18 heavy (non-hydrogen) atoms. The lowest BCUT2D eigenvalue weighted by atomic mass is 9.92. The van der Waals surface area contributed by atoms with Gasteiger partial charge in [-0.05, 0) is 43.9 Å². The molecule has 3 fully saturated rings. The highest BCUT2D eigenvalue weighted by molar-refractivity contribution is 5.68. The van der Waals surface area contributed by atoms with Crippen LogP contribution in [0, 0.1) is 11.8 Å². The molecule has 1 saturated heterocycles. The zero-order valence-corrected chi connectivity index (χ0v) is 10.9. The summed E-state index contributed by atoms with van der Waals surface area (Å²) in [7, 11) is 0. The Morgan fingerprint density at radius 2 is 1.94 bits per heavy atom. The van der Waals surface area contributed by atoms with Crippen molar-refractivity contribution in [3.63, 3.8) is 0 Å². The molecule has 3 atom stereocenters. The lowest BCUT2D eigenvalue weighted by molar-refractivity contribution is -0.145. The van der Waals surface area contributed by atoms with Gasteiger partial charge in [-0.3, -0.25) is 4.90 Å². The van der Waals surface area contributed by atoms with E-state index in [1.165, 1.54) is 25.7 Å². The first-order chi connectivity index (χ1) is 8.72. The molecule has 0 aromatic rings. The number of ether oxygens (including phenoxy) is 1. The molecule has 0 amide bonds. The van der Waals surface area contributed by atoms with Crippen molar-refractivity contribution in [3.05, 3.63) is 0 Å². The van der Waals surface area contributed by atoms with Gasteiger partial charge in [0.2, 0.25) is 0 Å². The SMILES string of the molecule is O=C(O)COC1CCN(C2CC3CCC2C3)CC1. The van der Waals surface area contributed by atoms with Crippen LogP contribution in [-0.4, -0.2) is 47.8 Å². The summed E-state index contributed by atoms with van der Waals surface area (Å²) in [5, 5.41) is 8.60. The van der Waals surface area contributed by atoms with E-state index in [0.717, 1.165) is 43.8 Å².